The summed E-state index contributed by atoms with van der Waals surface area (Å²) in [6.45, 7) is 5.38. The van der Waals surface area contributed by atoms with Crippen molar-refractivity contribution in [3.05, 3.63) is 84.4 Å². The van der Waals surface area contributed by atoms with Gasteiger partial charge in [-0.1, -0.05) is 18.2 Å². The number of rotatable bonds is 8. The van der Waals surface area contributed by atoms with Gasteiger partial charge in [-0.05, 0) is 60.7 Å². The van der Waals surface area contributed by atoms with Gasteiger partial charge >= 0.3 is 0 Å². The molecule has 0 spiro atoms. The fourth-order valence-corrected chi connectivity index (χ4v) is 3.75. The number of nitrogens with one attached hydrogen (secondary N) is 1. The first-order valence-corrected chi connectivity index (χ1v) is 10.9. The first-order chi connectivity index (χ1) is 15.7. The van der Waals surface area contributed by atoms with E-state index in [1.165, 1.54) is 5.69 Å². The Bertz CT molecular complexity index is 983. The molecule has 3 aromatic rings. The van der Waals surface area contributed by atoms with Crippen molar-refractivity contribution >= 4 is 11.6 Å². The van der Waals surface area contributed by atoms with Gasteiger partial charge in [-0.25, -0.2) is 0 Å². The van der Waals surface area contributed by atoms with E-state index >= 15 is 0 Å². The van der Waals surface area contributed by atoms with Crippen LogP contribution in [0.1, 0.15) is 10.4 Å². The Morgan fingerprint density at radius 2 is 1.44 bits per heavy atom. The molecule has 1 N–H and O–H groups in total. The third kappa shape index (κ3) is 5.80. The molecule has 1 fully saturated rings. The Morgan fingerprint density at radius 1 is 0.812 bits per heavy atom. The van der Waals surface area contributed by atoms with Crippen LogP contribution in [0.2, 0.25) is 0 Å². The zero-order chi connectivity index (χ0) is 22.2. The van der Waals surface area contributed by atoms with Gasteiger partial charge in [0.05, 0.1) is 7.11 Å². The third-order valence-electron chi connectivity index (χ3n) is 5.62. The van der Waals surface area contributed by atoms with E-state index in [2.05, 4.69) is 27.2 Å². The number of methoxy groups -OCH3 is 1. The lowest BCUT2D eigenvalue weighted by Gasteiger charge is -2.36. The van der Waals surface area contributed by atoms with Crippen LogP contribution >= 0.6 is 0 Å². The summed E-state index contributed by atoms with van der Waals surface area (Å²) in [7, 11) is 1.68. The quantitative estimate of drug-likeness (QED) is 0.583. The van der Waals surface area contributed by atoms with Crippen LogP contribution in [-0.2, 0) is 0 Å². The van der Waals surface area contributed by atoms with Gasteiger partial charge in [-0.15, -0.1) is 0 Å². The molecule has 1 saturated heterocycles. The van der Waals surface area contributed by atoms with Crippen LogP contribution in [0.15, 0.2) is 78.9 Å². The Balaban J connectivity index is 1.18. The topological polar surface area (TPSA) is 54.0 Å². The average molecular weight is 432 g/mol. The number of piperazine rings is 1. The highest BCUT2D eigenvalue weighted by molar-refractivity contribution is 5.94. The lowest BCUT2D eigenvalue weighted by molar-refractivity contribution is 0.0948. The van der Waals surface area contributed by atoms with Crippen molar-refractivity contribution in [2.75, 3.05) is 51.3 Å². The van der Waals surface area contributed by atoms with Gasteiger partial charge < -0.3 is 19.7 Å². The molecular formula is C26H29N3O3. The highest BCUT2D eigenvalue weighted by Gasteiger charge is 2.17. The summed E-state index contributed by atoms with van der Waals surface area (Å²) in [6.07, 6.45) is 0. The molecule has 0 bridgehead atoms. The second-order valence-corrected chi connectivity index (χ2v) is 7.72. The van der Waals surface area contributed by atoms with Crippen molar-refractivity contribution in [2.24, 2.45) is 0 Å². The number of benzene rings is 3. The molecule has 0 saturated carbocycles. The number of ether oxygens (including phenoxy) is 2. The maximum absolute atomic E-state index is 12.5. The summed E-state index contributed by atoms with van der Waals surface area (Å²) in [4.78, 5) is 17.2. The number of carbonyl (C=O) groups excluding carboxylic acids is 1. The smallest absolute Gasteiger partial charge is 0.251 e. The van der Waals surface area contributed by atoms with Crippen molar-refractivity contribution in [1.29, 1.82) is 0 Å². The highest BCUT2D eigenvalue weighted by atomic mass is 16.5. The van der Waals surface area contributed by atoms with Crippen LogP contribution in [0, 0.1) is 0 Å². The van der Waals surface area contributed by atoms with Crippen molar-refractivity contribution in [2.45, 2.75) is 0 Å². The lowest BCUT2D eigenvalue weighted by Crippen LogP contribution is -2.48. The molecule has 1 aliphatic heterocycles. The van der Waals surface area contributed by atoms with Gasteiger partial charge in [0, 0.05) is 50.5 Å². The second-order valence-electron chi connectivity index (χ2n) is 7.72. The van der Waals surface area contributed by atoms with Gasteiger partial charge in [0.25, 0.3) is 5.91 Å². The van der Waals surface area contributed by atoms with Crippen molar-refractivity contribution in [3.63, 3.8) is 0 Å². The first-order valence-electron chi connectivity index (χ1n) is 10.9. The van der Waals surface area contributed by atoms with Crippen molar-refractivity contribution < 1.29 is 14.3 Å². The predicted octanol–water partition coefficient (Wildman–Crippen LogP) is 4.04. The maximum Gasteiger partial charge on any atom is 0.251 e. The van der Waals surface area contributed by atoms with Crippen LogP contribution in [0.4, 0.5) is 5.69 Å². The maximum atomic E-state index is 12.5. The van der Waals surface area contributed by atoms with E-state index in [4.69, 9.17) is 9.47 Å². The molecule has 1 aliphatic rings. The van der Waals surface area contributed by atoms with Gasteiger partial charge in [-0.3, -0.25) is 9.69 Å². The summed E-state index contributed by atoms with van der Waals surface area (Å²) in [5, 5.41) is 3.02. The minimum Gasteiger partial charge on any atom is -0.497 e. The minimum absolute atomic E-state index is 0.0619. The standard InChI is InChI=1S/C26H29N3O3/c1-31-23-13-9-22(10-14-23)29-19-17-28(18-20-29)16-15-27-26(30)21-7-11-25(12-8-21)32-24-5-3-2-4-6-24/h2-14H,15-20H2,1H3,(H,27,30). The normalized spacial score (nSPS) is 14.1. The zero-order valence-corrected chi connectivity index (χ0v) is 18.4. The minimum atomic E-state index is -0.0619. The Morgan fingerprint density at radius 3 is 2.09 bits per heavy atom. The number of anilines is 1. The fourth-order valence-electron chi connectivity index (χ4n) is 3.75. The molecule has 0 atom stereocenters. The fraction of sp³-hybridized carbons (Fsp3) is 0.269. The molecule has 166 valence electrons. The number of hydrogen-bond donors (Lipinski definition) is 1. The van der Waals surface area contributed by atoms with Gasteiger partial charge in [0.15, 0.2) is 0 Å². The van der Waals surface area contributed by atoms with Crippen LogP contribution in [-0.4, -0.2) is 57.2 Å². The van der Waals surface area contributed by atoms with Crippen LogP contribution in [0.25, 0.3) is 0 Å². The number of para-hydroxylation sites is 1. The summed E-state index contributed by atoms with van der Waals surface area (Å²) in [5.74, 6) is 2.30. The number of hydrogen-bond acceptors (Lipinski definition) is 5. The van der Waals surface area contributed by atoms with Crippen LogP contribution in [0.5, 0.6) is 17.2 Å². The number of amides is 1. The molecule has 6 heteroatoms. The molecule has 4 rings (SSSR count). The average Bonchev–Trinajstić information content (AvgIpc) is 2.85. The van der Waals surface area contributed by atoms with Crippen molar-refractivity contribution in [1.82, 2.24) is 10.2 Å². The van der Waals surface area contributed by atoms with Gasteiger partial charge in [-0.2, -0.15) is 0 Å². The molecule has 1 heterocycles. The highest BCUT2D eigenvalue weighted by Crippen LogP contribution is 2.22. The molecule has 1 amide bonds. The summed E-state index contributed by atoms with van der Waals surface area (Å²) in [5.41, 5.74) is 1.85. The molecule has 6 nitrogen and oxygen atoms in total. The van der Waals surface area contributed by atoms with Crippen LogP contribution < -0.4 is 19.7 Å². The molecule has 3 aromatic carbocycles. The Hall–Kier alpha value is -3.51. The van der Waals surface area contributed by atoms with E-state index in [1.54, 1.807) is 19.2 Å². The van der Waals surface area contributed by atoms with E-state index in [-0.39, 0.29) is 5.91 Å². The van der Waals surface area contributed by atoms with Gasteiger partial charge in [0.1, 0.15) is 17.2 Å². The zero-order valence-electron chi connectivity index (χ0n) is 18.4. The summed E-state index contributed by atoms with van der Waals surface area (Å²) >= 11 is 0. The third-order valence-corrected chi connectivity index (χ3v) is 5.62. The number of carbonyl (C=O) groups is 1. The molecule has 0 aliphatic carbocycles. The molecule has 0 radical (unpaired) electrons. The molecule has 0 unspecified atom stereocenters. The number of nitrogens with zero attached hydrogens (tertiary/aromatic N) is 2. The SMILES string of the molecule is COc1ccc(N2CCN(CCNC(=O)c3ccc(Oc4ccccc4)cc3)CC2)cc1. The first kappa shape index (κ1) is 21.7. The Labute approximate surface area is 189 Å². The van der Waals surface area contributed by atoms with E-state index in [0.717, 1.165) is 44.2 Å². The monoisotopic (exact) mass is 431 g/mol. The Kier molecular flexibility index (Phi) is 7.25. The van der Waals surface area contributed by atoms with E-state index in [1.807, 2.05) is 54.6 Å². The van der Waals surface area contributed by atoms with Gasteiger partial charge in [0.2, 0.25) is 0 Å². The van der Waals surface area contributed by atoms with Crippen LogP contribution in [0.3, 0.4) is 0 Å². The summed E-state index contributed by atoms with van der Waals surface area (Å²) < 4.78 is 11.0. The summed E-state index contributed by atoms with van der Waals surface area (Å²) in [6, 6.07) is 25.0. The molecular weight excluding hydrogens is 402 g/mol. The largest absolute Gasteiger partial charge is 0.497 e. The van der Waals surface area contributed by atoms with E-state index in [9.17, 15) is 4.79 Å². The predicted molar refractivity (Wildman–Crippen MR) is 127 cm³/mol. The van der Waals surface area contributed by atoms with E-state index < -0.39 is 0 Å². The van der Waals surface area contributed by atoms with Crippen molar-refractivity contribution in [3.8, 4) is 17.2 Å². The molecule has 0 aromatic heterocycles. The van der Waals surface area contributed by atoms with E-state index in [0.29, 0.717) is 17.9 Å². The molecule has 32 heavy (non-hydrogen) atoms. The lowest BCUT2D eigenvalue weighted by atomic mass is 10.2. The second kappa shape index (κ2) is 10.7.